The zero-order chi connectivity index (χ0) is 34.1. The molecule has 242 valence electrons. The zero-order valence-electron chi connectivity index (χ0n) is 28.7. The highest BCUT2D eigenvalue weighted by molar-refractivity contribution is 6.01. The predicted molar refractivity (Wildman–Crippen MR) is 186 cm³/mol. The Morgan fingerprint density at radius 1 is 0.667 bits per heavy atom. The molecule has 0 bridgehead atoms. The molecule has 0 saturated carbocycles. The molecule has 3 N–H and O–H groups in total. The molecule has 45 heavy (non-hydrogen) atoms. The van der Waals surface area contributed by atoms with Crippen molar-refractivity contribution in [1.82, 2.24) is 0 Å². The van der Waals surface area contributed by atoms with E-state index in [4.69, 9.17) is 0 Å². The Morgan fingerprint density at radius 3 is 1.58 bits per heavy atom. The molecule has 2 rings (SSSR count). The van der Waals surface area contributed by atoms with Crippen LogP contribution in [0.25, 0.3) is 0 Å². The average molecular weight is 613 g/mol. The summed E-state index contributed by atoms with van der Waals surface area (Å²) in [4.78, 5) is 24.7. The third-order valence-electron chi connectivity index (χ3n) is 8.62. The van der Waals surface area contributed by atoms with E-state index in [1.165, 1.54) is 0 Å². The van der Waals surface area contributed by atoms with Gasteiger partial charge in [-0.2, -0.15) is 0 Å². The maximum Gasteiger partial charge on any atom is 0.189 e. The minimum atomic E-state index is -1.38. The van der Waals surface area contributed by atoms with Crippen LogP contribution < -0.4 is 0 Å². The molecule has 0 radical (unpaired) electrons. The molecule has 3 atom stereocenters. The summed E-state index contributed by atoms with van der Waals surface area (Å²) in [5, 5.41) is 30.5. The van der Waals surface area contributed by atoms with Crippen molar-refractivity contribution in [1.29, 1.82) is 0 Å². The lowest BCUT2D eigenvalue weighted by Crippen LogP contribution is -2.49. The van der Waals surface area contributed by atoms with E-state index in [2.05, 4.69) is 0 Å². The summed E-state index contributed by atoms with van der Waals surface area (Å²) in [5.41, 5.74) is 6.06. The lowest BCUT2D eigenvalue weighted by molar-refractivity contribution is -0.135. The van der Waals surface area contributed by atoms with E-state index in [0.29, 0.717) is 12.0 Å². The number of hydrogen-bond donors (Lipinski definition) is 3. The number of Topliss-reactive ketones (excluding diaryl/α,β-unsaturated/α-hetero) is 2. The Bertz CT molecular complexity index is 1490. The Hall–Kier alpha value is -3.64. The third-order valence-corrected chi connectivity index (χ3v) is 8.62. The Labute approximate surface area is 270 Å². The van der Waals surface area contributed by atoms with Crippen LogP contribution in [0.5, 0.6) is 0 Å². The van der Waals surface area contributed by atoms with Gasteiger partial charge in [0.15, 0.2) is 11.6 Å². The highest BCUT2D eigenvalue weighted by Crippen LogP contribution is 2.40. The molecular formula is C40H52O5. The SMILES string of the molecule is CC1=C(/C=C/C(C)=C/C=C/C(C)=C/C=C/C=C(C)/C=C/C=C(C)/C=C/C2=C(C)C(=O)[C@@H](O)C(O)C2(C)C)C(C)(C)C(=O)[C@H](O)C1. The van der Waals surface area contributed by atoms with Crippen LogP contribution in [0.4, 0.5) is 0 Å². The first kappa shape index (κ1) is 37.5. The van der Waals surface area contributed by atoms with Crippen LogP contribution in [0.3, 0.4) is 0 Å². The van der Waals surface area contributed by atoms with Gasteiger partial charge < -0.3 is 15.3 Å². The van der Waals surface area contributed by atoms with E-state index in [1.807, 2.05) is 147 Å². The summed E-state index contributed by atoms with van der Waals surface area (Å²) in [6.45, 7) is 19.1. The van der Waals surface area contributed by atoms with Gasteiger partial charge in [-0.3, -0.25) is 9.59 Å². The molecule has 0 amide bonds. The molecule has 2 aliphatic carbocycles. The maximum absolute atomic E-state index is 12.4. The number of allylic oxidation sites excluding steroid dienone is 19. The monoisotopic (exact) mass is 612 g/mol. The van der Waals surface area contributed by atoms with Crippen molar-refractivity contribution in [3.05, 3.63) is 130 Å². The molecule has 0 saturated heterocycles. The van der Waals surface area contributed by atoms with Crippen molar-refractivity contribution in [2.24, 2.45) is 10.8 Å². The maximum atomic E-state index is 12.4. The lowest BCUT2D eigenvalue weighted by Gasteiger charge is -2.39. The van der Waals surface area contributed by atoms with Crippen LogP contribution in [0.2, 0.25) is 0 Å². The second-order valence-electron chi connectivity index (χ2n) is 13.3. The van der Waals surface area contributed by atoms with Crippen LogP contribution in [0.15, 0.2) is 130 Å². The van der Waals surface area contributed by atoms with Gasteiger partial charge in [0.1, 0.15) is 12.2 Å². The van der Waals surface area contributed by atoms with Crippen LogP contribution >= 0.6 is 0 Å². The van der Waals surface area contributed by atoms with Crippen molar-refractivity contribution in [2.45, 2.75) is 94.0 Å². The second kappa shape index (κ2) is 16.1. The van der Waals surface area contributed by atoms with Crippen LogP contribution in [0, 0.1) is 10.8 Å². The molecular weight excluding hydrogens is 560 g/mol. The number of aliphatic hydroxyl groups is 3. The predicted octanol–water partition coefficient (Wildman–Crippen LogP) is 7.88. The average Bonchev–Trinajstić information content (AvgIpc) is 2.96. The van der Waals surface area contributed by atoms with E-state index in [9.17, 15) is 24.9 Å². The standard InChI is InChI=1S/C40H52O5/c1-26(17-13-19-28(3)21-23-32-30(5)25-34(41)37(44)39(32,7)8)15-11-12-16-27(2)18-14-20-29(4)22-24-33-31(6)35(42)36(43)38(45)40(33,9)10/h11-24,34,36,38,41,43,45H,25H2,1-10H3/b12-11+,17-13+,18-14+,23-21+,24-22+,26-15+,27-16+,28-19+,29-20+/t34-,36-,38?/m1/s1. The number of ketones is 2. The van der Waals surface area contributed by atoms with Gasteiger partial charge in [0.05, 0.1) is 11.5 Å². The quantitative estimate of drug-likeness (QED) is 0.218. The van der Waals surface area contributed by atoms with E-state index < -0.39 is 34.9 Å². The Morgan fingerprint density at radius 2 is 1.09 bits per heavy atom. The van der Waals surface area contributed by atoms with Crippen LogP contribution in [-0.4, -0.2) is 45.2 Å². The molecule has 5 heteroatoms. The van der Waals surface area contributed by atoms with Crippen LogP contribution in [0.1, 0.15) is 75.7 Å². The minimum Gasteiger partial charge on any atom is -0.389 e. The summed E-state index contributed by atoms with van der Waals surface area (Å²) in [6, 6.07) is 0. The number of carbonyl (C=O) groups excluding carboxylic acids is 2. The largest absolute Gasteiger partial charge is 0.389 e. The van der Waals surface area contributed by atoms with Crippen molar-refractivity contribution in [2.75, 3.05) is 0 Å². The first-order valence-corrected chi connectivity index (χ1v) is 15.5. The number of rotatable bonds is 10. The normalized spacial score (nSPS) is 25.9. The van der Waals surface area contributed by atoms with Gasteiger partial charge in [0.2, 0.25) is 0 Å². The zero-order valence-corrected chi connectivity index (χ0v) is 28.7. The van der Waals surface area contributed by atoms with E-state index in [0.717, 1.165) is 39.0 Å². The molecule has 2 aliphatic rings. The van der Waals surface area contributed by atoms with E-state index >= 15 is 0 Å². The van der Waals surface area contributed by atoms with Gasteiger partial charge in [-0.1, -0.05) is 127 Å². The summed E-state index contributed by atoms with van der Waals surface area (Å²) in [5.74, 6) is -0.554. The molecule has 0 aliphatic heterocycles. The van der Waals surface area contributed by atoms with Gasteiger partial charge in [0.25, 0.3) is 0 Å². The lowest BCUT2D eigenvalue weighted by atomic mass is 9.69. The fourth-order valence-electron chi connectivity index (χ4n) is 5.57. The molecule has 0 aromatic carbocycles. The smallest absolute Gasteiger partial charge is 0.189 e. The first-order valence-electron chi connectivity index (χ1n) is 15.5. The number of aliphatic hydroxyl groups excluding tert-OH is 3. The van der Waals surface area contributed by atoms with Crippen molar-refractivity contribution in [3.63, 3.8) is 0 Å². The number of hydrogen-bond acceptors (Lipinski definition) is 5. The summed E-state index contributed by atoms with van der Waals surface area (Å²) >= 11 is 0. The van der Waals surface area contributed by atoms with Crippen LogP contribution in [-0.2, 0) is 9.59 Å². The van der Waals surface area contributed by atoms with Crippen molar-refractivity contribution < 1.29 is 24.9 Å². The van der Waals surface area contributed by atoms with Crippen molar-refractivity contribution in [3.8, 4) is 0 Å². The Balaban J connectivity index is 1.96. The summed E-state index contributed by atoms with van der Waals surface area (Å²) in [6.07, 6.45) is 24.8. The fraction of sp³-hybridized carbons (Fsp3) is 0.400. The van der Waals surface area contributed by atoms with Gasteiger partial charge in [-0.25, -0.2) is 0 Å². The fourth-order valence-corrected chi connectivity index (χ4v) is 5.57. The second-order valence-corrected chi connectivity index (χ2v) is 13.3. The van der Waals surface area contributed by atoms with E-state index in [1.54, 1.807) is 6.92 Å². The number of carbonyl (C=O) groups is 2. The molecule has 0 aromatic rings. The van der Waals surface area contributed by atoms with Gasteiger partial charge in [-0.15, -0.1) is 0 Å². The topological polar surface area (TPSA) is 94.8 Å². The molecule has 0 spiro atoms. The van der Waals surface area contributed by atoms with Gasteiger partial charge in [0, 0.05) is 11.8 Å². The highest BCUT2D eigenvalue weighted by Gasteiger charge is 2.45. The minimum absolute atomic E-state index is 0.127. The molecule has 5 nitrogen and oxygen atoms in total. The molecule has 0 heterocycles. The molecule has 0 fully saturated rings. The third kappa shape index (κ3) is 9.92. The Kier molecular flexibility index (Phi) is 13.4. The first-order chi connectivity index (χ1) is 20.9. The summed E-state index contributed by atoms with van der Waals surface area (Å²) < 4.78 is 0. The van der Waals surface area contributed by atoms with E-state index in [-0.39, 0.29) is 5.78 Å². The molecule has 0 aromatic heterocycles. The van der Waals surface area contributed by atoms with Gasteiger partial charge in [-0.05, 0) is 72.1 Å². The highest BCUT2D eigenvalue weighted by atomic mass is 16.3. The molecule has 1 unspecified atom stereocenters. The summed E-state index contributed by atoms with van der Waals surface area (Å²) in [7, 11) is 0. The van der Waals surface area contributed by atoms with Gasteiger partial charge >= 0.3 is 0 Å². The van der Waals surface area contributed by atoms with Crippen molar-refractivity contribution >= 4 is 11.6 Å².